The van der Waals surface area contributed by atoms with Crippen molar-refractivity contribution in [1.29, 1.82) is 0 Å². The van der Waals surface area contributed by atoms with Crippen LogP contribution in [0.4, 0.5) is 0 Å². The molecule has 0 amide bonds. The third-order valence-corrected chi connectivity index (χ3v) is 12.8. The van der Waals surface area contributed by atoms with Gasteiger partial charge in [-0.05, 0) is 116 Å². The Morgan fingerprint density at radius 3 is 0.887 bits per heavy atom. The van der Waals surface area contributed by atoms with E-state index >= 15 is 0 Å². The van der Waals surface area contributed by atoms with Crippen molar-refractivity contribution >= 4 is 17.9 Å². The molecule has 0 saturated carbocycles. The molecular formula is C65H112O6. The van der Waals surface area contributed by atoms with Crippen LogP contribution in [0.5, 0.6) is 0 Å². The number of unbranched alkanes of at least 4 members (excludes halogenated alkanes) is 29. The lowest BCUT2D eigenvalue weighted by atomic mass is 10.1. The molecule has 71 heavy (non-hydrogen) atoms. The predicted octanol–water partition coefficient (Wildman–Crippen LogP) is 20.3. The summed E-state index contributed by atoms with van der Waals surface area (Å²) in [7, 11) is 0. The summed E-state index contributed by atoms with van der Waals surface area (Å²) in [4.78, 5) is 38.2. The molecule has 0 aliphatic carbocycles. The molecule has 0 aliphatic rings. The zero-order valence-electron chi connectivity index (χ0n) is 46.7. The molecule has 0 aliphatic heterocycles. The van der Waals surface area contributed by atoms with Gasteiger partial charge in [0.2, 0.25) is 0 Å². The van der Waals surface area contributed by atoms with E-state index in [4.69, 9.17) is 14.2 Å². The first-order valence-electron chi connectivity index (χ1n) is 30.1. The van der Waals surface area contributed by atoms with Crippen LogP contribution in [0, 0.1) is 0 Å². The summed E-state index contributed by atoms with van der Waals surface area (Å²) in [5, 5.41) is 0. The Hall–Kier alpha value is -3.41. The number of hydrogen-bond acceptors (Lipinski definition) is 6. The molecule has 6 heteroatoms. The first-order chi connectivity index (χ1) is 35.0. The average molecular weight is 990 g/mol. The van der Waals surface area contributed by atoms with Crippen LogP contribution in [-0.2, 0) is 28.6 Å². The minimum absolute atomic E-state index is 0.0980. The lowest BCUT2D eigenvalue weighted by Crippen LogP contribution is -2.30. The Labute approximate surface area is 439 Å². The molecule has 0 bridgehead atoms. The molecule has 0 rings (SSSR count). The second kappa shape index (κ2) is 59.2. The van der Waals surface area contributed by atoms with Crippen molar-refractivity contribution in [2.45, 2.75) is 297 Å². The fraction of sp³-hybridized carbons (Fsp3) is 0.738. The molecule has 1 atom stereocenters. The average Bonchev–Trinajstić information content (AvgIpc) is 3.37. The highest BCUT2D eigenvalue weighted by Gasteiger charge is 2.19. The molecule has 0 fully saturated rings. The van der Waals surface area contributed by atoms with Gasteiger partial charge in [0.1, 0.15) is 13.2 Å². The second-order valence-corrected chi connectivity index (χ2v) is 19.9. The molecule has 0 N–H and O–H groups in total. The van der Waals surface area contributed by atoms with Gasteiger partial charge in [0.05, 0.1) is 0 Å². The molecule has 0 heterocycles. The normalized spacial score (nSPS) is 12.7. The van der Waals surface area contributed by atoms with Gasteiger partial charge in [-0.15, -0.1) is 0 Å². The smallest absolute Gasteiger partial charge is 0.306 e. The van der Waals surface area contributed by atoms with Crippen LogP contribution < -0.4 is 0 Å². The number of carbonyl (C=O) groups is 3. The highest BCUT2D eigenvalue weighted by molar-refractivity contribution is 5.71. The Kier molecular flexibility index (Phi) is 56.3. The topological polar surface area (TPSA) is 78.9 Å². The number of hydrogen-bond donors (Lipinski definition) is 0. The lowest BCUT2D eigenvalue weighted by molar-refractivity contribution is -0.167. The van der Waals surface area contributed by atoms with E-state index in [1.807, 2.05) is 0 Å². The van der Waals surface area contributed by atoms with E-state index in [1.54, 1.807) is 0 Å². The lowest BCUT2D eigenvalue weighted by Gasteiger charge is -2.18. The highest BCUT2D eigenvalue weighted by Crippen LogP contribution is 2.15. The summed E-state index contributed by atoms with van der Waals surface area (Å²) < 4.78 is 16.8. The van der Waals surface area contributed by atoms with Gasteiger partial charge in [-0.3, -0.25) is 14.4 Å². The van der Waals surface area contributed by atoms with E-state index in [9.17, 15) is 14.4 Å². The fourth-order valence-corrected chi connectivity index (χ4v) is 8.28. The van der Waals surface area contributed by atoms with Crippen molar-refractivity contribution in [2.24, 2.45) is 0 Å². The van der Waals surface area contributed by atoms with E-state index in [2.05, 4.69) is 106 Å². The molecule has 0 saturated heterocycles. The number of allylic oxidation sites excluding steroid dienone is 14. The van der Waals surface area contributed by atoms with Crippen molar-refractivity contribution in [3.63, 3.8) is 0 Å². The molecule has 0 spiro atoms. The van der Waals surface area contributed by atoms with Crippen LogP contribution in [-0.4, -0.2) is 37.2 Å². The van der Waals surface area contributed by atoms with Gasteiger partial charge < -0.3 is 14.2 Å². The number of rotatable bonds is 54. The second-order valence-electron chi connectivity index (χ2n) is 19.9. The number of esters is 3. The Balaban J connectivity index is 4.47. The standard InChI is InChI=1S/C65H112O6/c1-4-7-10-13-16-19-22-25-28-31-32-35-38-41-44-47-50-53-56-59-65(68)71-62(60-69-63(66)57-54-51-48-45-42-39-36-33-29-26-23-20-17-14-11-8-5-2)61-70-64(67)58-55-52-49-46-43-40-37-34-30-27-24-21-18-15-12-9-6-3/h17-18,20-21,25-30,36,39,45,48,62H,4-16,19,22-24,31-35,37-38,40-44,46-47,49-61H2,1-3H3/b20-17-,21-18-,28-25-,29-26-,30-27-,39-36-,48-45-/t62-/m1/s1. The predicted molar refractivity (Wildman–Crippen MR) is 307 cm³/mol. The maximum atomic E-state index is 12.9. The first kappa shape index (κ1) is 67.6. The molecule has 0 aromatic carbocycles. The minimum Gasteiger partial charge on any atom is -0.462 e. The zero-order valence-corrected chi connectivity index (χ0v) is 46.7. The van der Waals surface area contributed by atoms with Gasteiger partial charge >= 0.3 is 17.9 Å². The van der Waals surface area contributed by atoms with Crippen LogP contribution in [0.1, 0.15) is 290 Å². The molecule has 0 aromatic rings. The van der Waals surface area contributed by atoms with Gasteiger partial charge in [-0.25, -0.2) is 0 Å². The number of carbonyl (C=O) groups excluding carboxylic acids is 3. The fourth-order valence-electron chi connectivity index (χ4n) is 8.28. The molecule has 0 aromatic heterocycles. The summed E-state index contributed by atoms with van der Waals surface area (Å²) in [6.45, 7) is 6.55. The largest absolute Gasteiger partial charge is 0.462 e. The van der Waals surface area contributed by atoms with Gasteiger partial charge in [0.25, 0.3) is 0 Å². The van der Waals surface area contributed by atoms with Gasteiger partial charge in [-0.2, -0.15) is 0 Å². The SMILES string of the molecule is CCCCC/C=C\C/C=C\C/C=C\C/C=C\CCCC(=O)OC[C@H](COC(=O)CCCCCCCCC/C=C\C/C=C\CCCCC)OC(=O)CCCCCCCCCCC/C=C\CCCCCCCC. The van der Waals surface area contributed by atoms with Crippen molar-refractivity contribution < 1.29 is 28.6 Å². The molecular weight excluding hydrogens is 877 g/mol. The minimum atomic E-state index is -0.804. The van der Waals surface area contributed by atoms with Crippen molar-refractivity contribution in [1.82, 2.24) is 0 Å². The maximum Gasteiger partial charge on any atom is 0.306 e. The summed E-state index contributed by atoms with van der Waals surface area (Å²) in [6.07, 6.45) is 77.2. The molecule has 0 radical (unpaired) electrons. The maximum absolute atomic E-state index is 12.9. The Morgan fingerprint density at radius 1 is 0.282 bits per heavy atom. The Bertz CT molecular complexity index is 1370. The van der Waals surface area contributed by atoms with Crippen LogP contribution in [0.2, 0.25) is 0 Å². The van der Waals surface area contributed by atoms with E-state index in [1.165, 1.54) is 167 Å². The van der Waals surface area contributed by atoms with Crippen molar-refractivity contribution in [3.8, 4) is 0 Å². The van der Waals surface area contributed by atoms with Crippen molar-refractivity contribution in [2.75, 3.05) is 13.2 Å². The molecule has 0 unspecified atom stereocenters. The van der Waals surface area contributed by atoms with Crippen LogP contribution in [0.3, 0.4) is 0 Å². The summed E-state index contributed by atoms with van der Waals surface area (Å²) in [6, 6.07) is 0. The Morgan fingerprint density at radius 2 is 0.521 bits per heavy atom. The van der Waals surface area contributed by atoms with E-state index in [0.717, 1.165) is 77.0 Å². The van der Waals surface area contributed by atoms with Gasteiger partial charge in [-0.1, -0.05) is 241 Å². The van der Waals surface area contributed by atoms with Crippen molar-refractivity contribution in [3.05, 3.63) is 85.1 Å². The van der Waals surface area contributed by atoms with E-state index in [-0.39, 0.29) is 37.5 Å². The summed E-state index contributed by atoms with van der Waals surface area (Å²) in [5.74, 6) is -0.957. The van der Waals surface area contributed by atoms with Crippen LogP contribution in [0.15, 0.2) is 85.1 Å². The van der Waals surface area contributed by atoms with Gasteiger partial charge in [0.15, 0.2) is 6.10 Å². The van der Waals surface area contributed by atoms with Crippen LogP contribution >= 0.6 is 0 Å². The molecule has 408 valence electrons. The summed E-state index contributed by atoms with van der Waals surface area (Å²) in [5.41, 5.74) is 0. The zero-order chi connectivity index (χ0) is 51.4. The molecule has 6 nitrogen and oxygen atoms in total. The van der Waals surface area contributed by atoms with Crippen LogP contribution in [0.25, 0.3) is 0 Å². The van der Waals surface area contributed by atoms with E-state index < -0.39 is 6.10 Å². The van der Waals surface area contributed by atoms with E-state index in [0.29, 0.717) is 19.3 Å². The third kappa shape index (κ3) is 57.4. The third-order valence-electron chi connectivity index (χ3n) is 12.8. The summed E-state index contributed by atoms with van der Waals surface area (Å²) >= 11 is 0. The first-order valence-corrected chi connectivity index (χ1v) is 30.1. The monoisotopic (exact) mass is 989 g/mol. The quantitative estimate of drug-likeness (QED) is 0.0261. The van der Waals surface area contributed by atoms with Gasteiger partial charge in [0, 0.05) is 19.3 Å². The highest BCUT2D eigenvalue weighted by atomic mass is 16.6. The number of ether oxygens (including phenoxy) is 3.